The lowest BCUT2D eigenvalue weighted by molar-refractivity contribution is -0.141. The molecule has 0 bridgehead atoms. The molecule has 0 saturated carbocycles. The zero-order valence-electron chi connectivity index (χ0n) is 21.8. The number of anilines is 1. The molecule has 2 aromatic carbocycles. The number of hydrogen-bond donors (Lipinski definition) is 2. The van der Waals surface area contributed by atoms with Crippen LogP contribution in [0, 0.1) is 19.8 Å². The highest BCUT2D eigenvalue weighted by Crippen LogP contribution is 2.36. The van der Waals surface area contributed by atoms with Gasteiger partial charge < -0.3 is 20.3 Å². The first-order valence-corrected chi connectivity index (χ1v) is 12.2. The summed E-state index contributed by atoms with van der Waals surface area (Å²) in [5, 5.41) is 6.07. The van der Waals surface area contributed by atoms with Crippen LogP contribution in [0.15, 0.2) is 42.5 Å². The predicted octanol–water partition coefficient (Wildman–Crippen LogP) is 5.26. The Kier molecular flexibility index (Phi) is 7.88. The van der Waals surface area contributed by atoms with Crippen molar-refractivity contribution in [1.29, 1.82) is 0 Å². The summed E-state index contributed by atoms with van der Waals surface area (Å²) in [6, 6.07) is 12.2. The smallest absolute Gasteiger partial charge is 0.408 e. The summed E-state index contributed by atoms with van der Waals surface area (Å²) in [5.41, 5.74) is 3.74. The Morgan fingerprint density at radius 3 is 2.26 bits per heavy atom. The number of carbonyl (C=O) groups is 3. The van der Waals surface area contributed by atoms with Gasteiger partial charge in [-0.3, -0.25) is 9.59 Å². The molecule has 0 aliphatic carbocycles. The van der Waals surface area contributed by atoms with E-state index < -0.39 is 29.7 Å². The number of para-hydroxylation sites is 1. The molecule has 0 saturated heterocycles. The molecule has 35 heavy (non-hydrogen) atoms. The molecule has 0 unspecified atom stereocenters. The van der Waals surface area contributed by atoms with Crippen LogP contribution in [-0.2, 0) is 20.9 Å². The van der Waals surface area contributed by atoms with Gasteiger partial charge in [0.2, 0.25) is 11.8 Å². The number of fused-ring (bicyclic) bond motifs is 1. The number of aryl methyl sites for hydroxylation is 2. The van der Waals surface area contributed by atoms with E-state index in [1.54, 1.807) is 32.6 Å². The molecule has 3 rings (SSSR count). The van der Waals surface area contributed by atoms with Crippen LogP contribution in [0.2, 0.25) is 0 Å². The number of amides is 3. The average molecular weight is 480 g/mol. The van der Waals surface area contributed by atoms with Crippen LogP contribution in [0.4, 0.5) is 10.5 Å². The number of benzene rings is 2. The van der Waals surface area contributed by atoms with Gasteiger partial charge in [-0.25, -0.2) is 4.79 Å². The van der Waals surface area contributed by atoms with Crippen molar-refractivity contribution in [2.24, 2.45) is 5.92 Å². The van der Waals surface area contributed by atoms with Crippen LogP contribution in [0.5, 0.6) is 0 Å². The predicted molar refractivity (Wildman–Crippen MR) is 137 cm³/mol. The van der Waals surface area contributed by atoms with Gasteiger partial charge in [0.1, 0.15) is 11.6 Å². The van der Waals surface area contributed by atoms with Gasteiger partial charge in [-0.2, -0.15) is 0 Å². The second kappa shape index (κ2) is 10.5. The van der Waals surface area contributed by atoms with E-state index in [9.17, 15) is 14.4 Å². The largest absolute Gasteiger partial charge is 0.444 e. The lowest BCUT2D eigenvalue weighted by Crippen LogP contribution is -2.52. The summed E-state index contributed by atoms with van der Waals surface area (Å²) < 4.78 is 5.53. The Bertz CT molecular complexity index is 1090. The van der Waals surface area contributed by atoms with E-state index in [-0.39, 0.29) is 24.8 Å². The van der Waals surface area contributed by atoms with E-state index in [2.05, 4.69) is 10.6 Å². The van der Waals surface area contributed by atoms with Crippen LogP contribution in [0.25, 0.3) is 0 Å². The summed E-state index contributed by atoms with van der Waals surface area (Å²) in [4.78, 5) is 41.4. The highest BCUT2D eigenvalue weighted by Gasteiger charge is 2.42. The molecular formula is C28H37N3O4. The fraction of sp³-hybridized carbons (Fsp3) is 0.464. The maximum absolute atomic E-state index is 13.8. The Balaban J connectivity index is 2.05. The van der Waals surface area contributed by atoms with Crippen molar-refractivity contribution in [2.45, 2.75) is 79.1 Å². The second-order valence-corrected chi connectivity index (χ2v) is 10.3. The number of rotatable bonds is 4. The van der Waals surface area contributed by atoms with E-state index in [4.69, 9.17) is 4.74 Å². The lowest BCUT2D eigenvalue weighted by atomic mass is 9.87. The SMILES string of the molecule is CCC(=O)N1Cc2ccccc2[C@@H](NC(=O)OC(C)(C)C)[C@H](C)[C@@H]1C(=O)Nc1c(C)cccc1C. The van der Waals surface area contributed by atoms with Crippen molar-refractivity contribution in [3.8, 4) is 0 Å². The van der Waals surface area contributed by atoms with Gasteiger partial charge in [-0.1, -0.05) is 56.3 Å². The summed E-state index contributed by atoms with van der Waals surface area (Å²) >= 11 is 0. The van der Waals surface area contributed by atoms with E-state index >= 15 is 0 Å². The highest BCUT2D eigenvalue weighted by atomic mass is 16.6. The van der Waals surface area contributed by atoms with Gasteiger partial charge in [0.05, 0.1) is 6.04 Å². The number of alkyl carbamates (subject to hydrolysis) is 1. The zero-order valence-corrected chi connectivity index (χ0v) is 21.8. The maximum atomic E-state index is 13.8. The minimum atomic E-state index is -0.797. The molecular weight excluding hydrogens is 442 g/mol. The van der Waals surface area contributed by atoms with Crippen molar-refractivity contribution in [1.82, 2.24) is 10.2 Å². The highest BCUT2D eigenvalue weighted by molar-refractivity contribution is 5.98. The molecule has 2 aromatic rings. The molecule has 188 valence electrons. The first-order valence-electron chi connectivity index (χ1n) is 12.2. The first-order chi connectivity index (χ1) is 16.4. The third kappa shape index (κ3) is 6.02. The molecule has 0 radical (unpaired) electrons. The number of hydrogen-bond acceptors (Lipinski definition) is 4. The van der Waals surface area contributed by atoms with Crippen LogP contribution in [-0.4, -0.2) is 34.5 Å². The van der Waals surface area contributed by atoms with Gasteiger partial charge >= 0.3 is 6.09 Å². The van der Waals surface area contributed by atoms with Gasteiger partial charge in [0.25, 0.3) is 0 Å². The van der Waals surface area contributed by atoms with E-state index in [1.165, 1.54) is 0 Å². The van der Waals surface area contributed by atoms with E-state index in [1.807, 2.05) is 63.2 Å². The molecule has 2 N–H and O–H groups in total. The summed E-state index contributed by atoms with van der Waals surface area (Å²) in [6.07, 6.45) is -0.292. The average Bonchev–Trinajstić information content (AvgIpc) is 2.89. The van der Waals surface area contributed by atoms with Crippen LogP contribution in [0.1, 0.15) is 69.3 Å². The number of carbonyl (C=O) groups excluding carboxylic acids is 3. The molecule has 3 atom stereocenters. The molecule has 7 nitrogen and oxygen atoms in total. The van der Waals surface area contributed by atoms with E-state index in [0.717, 1.165) is 27.9 Å². The molecule has 0 aromatic heterocycles. The number of nitrogens with one attached hydrogen (secondary N) is 2. The zero-order chi connectivity index (χ0) is 25.9. The quantitative estimate of drug-likeness (QED) is 0.626. The molecule has 1 aliphatic heterocycles. The normalized spacial score (nSPS) is 19.9. The first kappa shape index (κ1) is 26.3. The van der Waals surface area contributed by atoms with Crippen LogP contribution >= 0.6 is 0 Å². The monoisotopic (exact) mass is 479 g/mol. The minimum Gasteiger partial charge on any atom is -0.444 e. The van der Waals surface area contributed by atoms with E-state index in [0.29, 0.717) is 0 Å². The standard InChI is InChI=1S/C28H37N3O4/c1-8-22(32)31-16-20-14-9-10-15-21(20)24(30-27(34)35-28(5,6)7)19(4)25(31)26(33)29-23-17(2)12-11-13-18(23)3/h9-15,19,24-25H,8,16H2,1-7H3,(H,29,33)(H,30,34)/t19-,24-,25+/m0/s1. The van der Waals surface area contributed by atoms with Crippen molar-refractivity contribution < 1.29 is 19.1 Å². The molecule has 7 heteroatoms. The fourth-order valence-electron chi connectivity index (χ4n) is 4.69. The molecule has 1 heterocycles. The van der Waals surface area contributed by atoms with Gasteiger partial charge in [0.15, 0.2) is 0 Å². The van der Waals surface area contributed by atoms with Crippen molar-refractivity contribution in [3.05, 3.63) is 64.7 Å². The van der Waals surface area contributed by atoms with Crippen molar-refractivity contribution >= 4 is 23.6 Å². The summed E-state index contributed by atoms with van der Waals surface area (Å²) in [5.74, 6) is -0.822. The van der Waals surface area contributed by atoms with Gasteiger partial charge in [0, 0.05) is 24.6 Å². The molecule has 1 aliphatic rings. The second-order valence-electron chi connectivity index (χ2n) is 10.3. The fourth-order valence-corrected chi connectivity index (χ4v) is 4.69. The molecule has 0 fully saturated rings. The Labute approximate surface area is 208 Å². The third-order valence-electron chi connectivity index (χ3n) is 6.38. The number of nitrogens with zero attached hydrogens (tertiary/aromatic N) is 1. The Morgan fingerprint density at radius 2 is 1.66 bits per heavy atom. The third-order valence-corrected chi connectivity index (χ3v) is 6.38. The summed E-state index contributed by atoms with van der Waals surface area (Å²) in [7, 11) is 0. The lowest BCUT2D eigenvalue weighted by Gasteiger charge is -2.35. The Morgan fingerprint density at radius 1 is 1.03 bits per heavy atom. The van der Waals surface area contributed by atoms with Crippen molar-refractivity contribution in [2.75, 3.05) is 5.32 Å². The van der Waals surface area contributed by atoms with Crippen molar-refractivity contribution in [3.63, 3.8) is 0 Å². The molecule has 3 amide bonds. The number of ether oxygens (including phenoxy) is 1. The van der Waals surface area contributed by atoms with Gasteiger partial charge in [-0.05, 0) is 56.9 Å². The maximum Gasteiger partial charge on any atom is 0.408 e. The molecule has 0 spiro atoms. The summed E-state index contributed by atoms with van der Waals surface area (Å²) in [6.45, 7) is 13.3. The minimum absolute atomic E-state index is 0.119. The van der Waals surface area contributed by atoms with Crippen LogP contribution in [0.3, 0.4) is 0 Å². The van der Waals surface area contributed by atoms with Gasteiger partial charge in [-0.15, -0.1) is 0 Å². The topological polar surface area (TPSA) is 87.7 Å². The van der Waals surface area contributed by atoms with Crippen LogP contribution < -0.4 is 10.6 Å². The Hall–Kier alpha value is -3.35.